The van der Waals surface area contributed by atoms with Crippen LogP contribution in [-0.2, 0) is 24.8 Å². The molecular formula is C22H30N6O3. The number of anilines is 1. The zero-order valence-electron chi connectivity index (χ0n) is 18.2. The Morgan fingerprint density at radius 1 is 1.06 bits per heavy atom. The van der Waals surface area contributed by atoms with Crippen molar-refractivity contribution < 1.29 is 4.74 Å². The molecule has 9 nitrogen and oxygen atoms in total. The summed E-state index contributed by atoms with van der Waals surface area (Å²) in [6, 6.07) is 10.5. The highest BCUT2D eigenvalue weighted by Gasteiger charge is 2.24. The lowest BCUT2D eigenvalue weighted by atomic mass is 10.1. The molecule has 1 saturated heterocycles. The number of H-pyrrole nitrogens is 1. The van der Waals surface area contributed by atoms with Gasteiger partial charge in [0.15, 0.2) is 11.2 Å². The Labute approximate surface area is 180 Å². The molecule has 166 valence electrons. The highest BCUT2D eigenvalue weighted by atomic mass is 16.5. The summed E-state index contributed by atoms with van der Waals surface area (Å²) in [6.07, 6.45) is 1.03. The van der Waals surface area contributed by atoms with E-state index >= 15 is 0 Å². The Morgan fingerprint density at radius 3 is 2.52 bits per heavy atom. The van der Waals surface area contributed by atoms with Crippen molar-refractivity contribution in [3.05, 3.63) is 56.7 Å². The molecule has 0 saturated carbocycles. The number of rotatable bonds is 8. The maximum atomic E-state index is 12.6. The molecule has 1 aromatic carbocycles. The highest BCUT2D eigenvalue weighted by molar-refractivity contribution is 5.74. The fraction of sp³-hybridized carbons (Fsp3) is 0.500. The lowest BCUT2D eigenvalue weighted by molar-refractivity contribution is 0.140. The van der Waals surface area contributed by atoms with Crippen molar-refractivity contribution in [2.45, 2.75) is 19.9 Å². The number of nitrogens with one attached hydrogen (secondary N) is 1. The van der Waals surface area contributed by atoms with Crippen LogP contribution in [0.2, 0.25) is 0 Å². The van der Waals surface area contributed by atoms with E-state index in [1.807, 2.05) is 17.6 Å². The molecule has 3 aromatic rings. The zero-order valence-corrected chi connectivity index (χ0v) is 18.2. The van der Waals surface area contributed by atoms with Crippen LogP contribution >= 0.6 is 0 Å². The third-order valence-corrected chi connectivity index (χ3v) is 5.86. The van der Waals surface area contributed by atoms with Crippen LogP contribution in [0.15, 0.2) is 39.9 Å². The largest absolute Gasteiger partial charge is 0.380 e. The van der Waals surface area contributed by atoms with Crippen LogP contribution in [0.1, 0.15) is 12.5 Å². The lowest BCUT2D eigenvalue weighted by Gasteiger charge is -2.35. The van der Waals surface area contributed by atoms with E-state index in [9.17, 15) is 9.59 Å². The van der Waals surface area contributed by atoms with Crippen molar-refractivity contribution in [1.29, 1.82) is 0 Å². The first kappa shape index (κ1) is 21.3. The van der Waals surface area contributed by atoms with Gasteiger partial charge in [0.2, 0.25) is 5.95 Å². The van der Waals surface area contributed by atoms with Crippen LogP contribution in [0.3, 0.4) is 0 Å². The average molecular weight is 427 g/mol. The van der Waals surface area contributed by atoms with Crippen LogP contribution in [0.25, 0.3) is 11.2 Å². The van der Waals surface area contributed by atoms with Crippen molar-refractivity contribution in [2.75, 3.05) is 50.8 Å². The molecule has 9 heteroatoms. The Hall–Kier alpha value is -2.91. The fourth-order valence-corrected chi connectivity index (χ4v) is 4.08. The third kappa shape index (κ3) is 4.57. The number of piperazine rings is 1. The number of aromatic nitrogens is 4. The summed E-state index contributed by atoms with van der Waals surface area (Å²) < 4.78 is 8.81. The van der Waals surface area contributed by atoms with Gasteiger partial charge in [-0.2, -0.15) is 4.98 Å². The molecule has 0 spiro atoms. The summed E-state index contributed by atoms with van der Waals surface area (Å²) in [5.74, 6) is 0.726. The maximum absolute atomic E-state index is 12.6. The SMILES string of the molecule is CCOCCn1c(N2CCN(CCc3ccccc3)CC2)nc2c1c(=O)[nH]c(=O)n2C. The van der Waals surface area contributed by atoms with E-state index in [1.54, 1.807) is 7.05 Å². The van der Waals surface area contributed by atoms with Gasteiger partial charge in [-0.25, -0.2) is 4.79 Å². The molecule has 1 aliphatic heterocycles. The minimum Gasteiger partial charge on any atom is -0.380 e. The summed E-state index contributed by atoms with van der Waals surface area (Å²) in [4.78, 5) is 36.4. The quantitative estimate of drug-likeness (QED) is 0.537. The summed E-state index contributed by atoms with van der Waals surface area (Å²) in [7, 11) is 1.63. The lowest BCUT2D eigenvalue weighted by Crippen LogP contribution is -2.47. The Kier molecular flexibility index (Phi) is 6.53. The second-order valence-corrected chi connectivity index (χ2v) is 7.82. The van der Waals surface area contributed by atoms with Gasteiger partial charge in [0.25, 0.3) is 5.56 Å². The molecule has 0 aliphatic carbocycles. The molecule has 2 aromatic heterocycles. The molecule has 0 amide bonds. The number of aromatic amines is 1. The van der Waals surface area contributed by atoms with Crippen LogP contribution in [-0.4, -0.2) is 69.9 Å². The van der Waals surface area contributed by atoms with E-state index in [-0.39, 0.29) is 0 Å². The van der Waals surface area contributed by atoms with E-state index in [1.165, 1.54) is 10.1 Å². The number of benzene rings is 1. The second kappa shape index (κ2) is 9.49. The molecular weight excluding hydrogens is 396 g/mol. The maximum Gasteiger partial charge on any atom is 0.329 e. The number of nitrogens with zero attached hydrogens (tertiary/aromatic N) is 5. The number of ether oxygens (including phenoxy) is 1. The topological polar surface area (TPSA) is 88.4 Å². The average Bonchev–Trinajstić information content (AvgIpc) is 3.17. The van der Waals surface area contributed by atoms with Crippen LogP contribution < -0.4 is 16.1 Å². The minimum absolute atomic E-state index is 0.408. The first-order chi connectivity index (χ1) is 15.1. The van der Waals surface area contributed by atoms with E-state index < -0.39 is 11.2 Å². The van der Waals surface area contributed by atoms with Crippen molar-refractivity contribution in [3.63, 3.8) is 0 Å². The molecule has 31 heavy (non-hydrogen) atoms. The molecule has 0 radical (unpaired) electrons. The molecule has 0 atom stereocenters. The molecule has 1 N–H and O–H groups in total. The van der Waals surface area contributed by atoms with Crippen molar-refractivity contribution in [2.24, 2.45) is 7.05 Å². The van der Waals surface area contributed by atoms with Crippen LogP contribution in [0.5, 0.6) is 0 Å². The number of aryl methyl sites for hydroxylation is 1. The van der Waals surface area contributed by atoms with Gasteiger partial charge < -0.3 is 14.2 Å². The standard InChI is InChI=1S/C22H30N6O3/c1-3-31-16-15-28-18-19(25(2)22(30)24-20(18)29)23-21(28)27-13-11-26(12-14-27)10-9-17-7-5-4-6-8-17/h4-8H,3,9-16H2,1-2H3,(H,24,29,30). The van der Waals surface area contributed by atoms with Gasteiger partial charge in [0.05, 0.1) is 6.61 Å². The monoisotopic (exact) mass is 426 g/mol. The first-order valence-corrected chi connectivity index (χ1v) is 10.9. The van der Waals surface area contributed by atoms with Crippen molar-refractivity contribution in [1.82, 2.24) is 24.0 Å². The Balaban J connectivity index is 1.53. The summed E-state index contributed by atoms with van der Waals surface area (Å²) in [6.45, 7) is 8.05. The van der Waals surface area contributed by atoms with E-state index in [4.69, 9.17) is 9.72 Å². The molecule has 3 heterocycles. The normalized spacial score (nSPS) is 15.1. The van der Waals surface area contributed by atoms with Gasteiger partial charge in [-0.1, -0.05) is 30.3 Å². The molecule has 4 rings (SSSR count). The predicted molar refractivity (Wildman–Crippen MR) is 121 cm³/mol. The predicted octanol–water partition coefficient (Wildman–Crippen LogP) is 0.825. The molecule has 0 unspecified atom stereocenters. The van der Waals surface area contributed by atoms with Gasteiger partial charge in [-0.15, -0.1) is 0 Å². The Bertz CT molecular complexity index is 1130. The number of hydrogen-bond acceptors (Lipinski definition) is 6. The number of fused-ring (bicyclic) bond motifs is 1. The van der Waals surface area contributed by atoms with Crippen LogP contribution in [0.4, 0.5) is 5.95 Å². The first-order valence-electron chi connectivity index (χ1n) is 10.9. The molecule has 0 bridgehead atoms. The summed E-state index contributed by atoms with van der Waals surface area (Å²) in [5.41, 5.74) is 1.32. The second-order valence-electron chi connectivity index (χ2n) is 7.82. The third-order valence-electron chi connectivity index (χ3n) is 5.86. The van der Waals surface area contributed by atoms with Gasteiger partial charge >= 0.3 is 5.69 Å². The number of imidazole rings is 1. The van der Waals surface area contributed by atoms with Gasteiger partial charge in [0, 0.05) is 52.9 Å². The highest BCUT2D eigenvalue weighted by Crippen LogP contribution is 2.21. The Morgan fingerprint density at radius 2 is 1.81 bits per heavy atom. The summed E-state index contributed by atoms with van der Waals surface area (Å²) in [5, 5.41) is 0. The zero-order chi connectivity index (χ0) is 21.8. The van der Waals surface area contributed by atoms with Crippen LogP contribution in [0, 0.1) is 0 Å². The van der Waals surface area contributed by atoms with E-state index in [0.717, 1.165) is 45.1 Å². The van der Waals surface area contributed by atoms with E-state index in [0.29, 0.717) is 30.9 Å². The smallest absolute Gasteiger partial charge is 0.329 e. The van der Waals surface area contributed by atoms with Gasteiger partial charge in [0.1, 0.15) is 0 Å². The number of hydrogen-bond donors (Lipinski definition) is 1. The summed E-state index contributed by atoms with van der Waals surface area (Å²) >= 11 is 0. The van der Waals surface area contributed by atoms with Gasteiger partial charge in [-0.3, -0.25) is 19.2 Å². The van der Waals surface area contributed by atoms with Gasteiger partial charge in [-0.05, 0) is 18.9 Å². The molecule has 1 fully saturated rings. The fourth-order valence-electron chi connectivity index (χ4n) is 4.08. The van der Waals surface area contributed by atoms with Crippen molar-refractivity contribution >= 4 is 17.1 Å². The minimum atomic E-state index is -0.454. The van der Waals surface area contributed by atoms with E-state index in [2.05, 4.69) is 39.0 Å². The molecule has 1 aliphatic rings. The van der Waals surface area contributed by atoms with Crippen molar-refractivity contribution in [3.8, 4) is 0 Å².